The third-order valence-corrected chi connectivity index (χ3v) is 6.18. The summed E-state index contributed by atoms with van der Waals surface area (Å²) in [5.74, 6) is -0.297. The van der Waals surface area contributed by atoms with Gasteiger partial charge in [-0.05, 0) is 25.3 Å². The number of aromatic nitrogens is 3. The Bertz CT molecular complexity index is 1140. The molecule has 2 aromatic heterocycles. The lowest BCUT2D eigenvalue weighted by Crippen LogP contribution is -2.42. The average Bonchev–Trinajstić information content (AvgIpc) is 3.41. The van der Waals surface area contributed by atoms with Crippen LogP contribution in [0, 0.1) is 0 Å². The first-order valence-electron chi connectivity index (χ1n) is 9.78. The fourth-order valence-corrected chi connectivity index (χ4v) is 4.60. The first kappa shape index (κ1) is 19.4. The maximum Gasteiger partial charge on any atom is 0.333 e. The number of hydrogen-bond donors (Lipinski definition) is 1. The van der Waals surface area contributed by atoms with E-state index in [-0.39, 0.29) is 24.6 Å². The highest BCUT2D eigenvalue weighted by molar-refractivity contribution is 7.22. The van der Waals surface area contributed by atoms with Gasteiger partial charge < -0.3 is 10.2 Å². The molecule has 8 nitrogen and oxygen atoms in total. The molecule has 0 unspecified atom stereocenters. The van der Waals surface area contributed by atoms with Crippen LogP contribution in [0.4, 0.5) is 5.13 Å². The highest BCUT2D eigenvalue weighted by Crippen LogP contribution is 2.28. The highest BCUT2D eigenvalue weighted by atomic mass is 32.1. The number of carbonyl (C=O) groups is 1. The van der Waals surface area contributed by atoms with Gasteiger partial charge in [0.2, 0.25) is 5.91 Å². The van der Waals surface area contributed by atoms with Crippen LogP contribution in [0.15, 0.2) is 39.9 Å². The van der Waals surface area contributed by atoms with Crippen molar-refractivity contribution in [1.29, 1.82) is 0 Å². The Morgan fingerprint density at radius 1 is 1.14 bits per heavy atom. The summed E-state index contributed by atoms with van der Waals surface area (Å²) in [5.41, 5.74) is 0.433. The van der Waals surface area contributed by atoms with Crippen LogP contribution in [0.3, 0.4) is 0 Å². The summed E-state index contributed by atoms with van der Waals surface area (Å²) < 4.78 is 2.90. The number of hydrogen-bond acceptors (Lipinski definition) is 6. The Hall–Kier alpha value is -2.94. The molecule has 1 saturated heterocycles. The van der Waals surface area contributed by atoms with Crippen molar-refractivity contribution in [1.82, 2.24) is 19.4 Å². The largest absolute Gasteiger partial charge is 0.350 e. The normalized spacial score (nSPS) is 13.9. The summed E-state index contributed by atoms with van der Waals surface area (Å²) in [7, 11) is 0. The molecule has 3 heterocycles. The van der Waals surface area contributed by atoms with Crippen LogP contribution in [-0.2, 0) is 24.4 Å². The van der Waals surface area contributed by atoms with E-state index >= 15 is 0 Å². The molecule has 0 aliphatic carbocycles. The van der Waals surface area contributed by atoms with Crippen LogP contribution in [-0.4, -0.2) is 33.1 Å². The lowest BCUT2D eigenvalue weighted by Gasteiger charge is -2.12. The minimum atomic E-state index is -0.502. The van der Waals surface area contributed by atoms with Crippen LogP contribution >= 0.6 is 11.3 Å². The van der Waals surface area contributed by atoms with E-state index in [1.54, 1.807) is 6.92 Å². The number of nitrogens with one attached hydrogen (secondary N) is 1. The molecule has 1 aliphatic rings. The zero-order valence-corrected chi connectivity index (χ0v) is 17.1. The van der Waals surface area contributed by atoms with Crippen molar-refractivity contribution in [3.63, 3.8) is 0 Å². The first-order chi connectivity index (χ1) is 14.1. The van der Waals surface area contributed by atoms with Crippen molar-refractivity contribution in [3.05, 3.63) is 56.7 Å². The van der Waals surface area contributed by atoms with E-state index in [1.165, 1.54) is 20.5 Å². The van der Waals surface area contributed by atoms with Crippen LogP contribution in [0.2, 0.25) is 0 Å². The Morgan fingerprint density at radius 2 is 1.86 bits per heavy atom. The van der Waals surface area contributed by atoms with Crippen molar-refractivity contribution in [2.45, 2.75) is 39.4 Å². The van der Waals surface area contributed by atoms with Crippen molar-refractivity contribution >= 4 is 32.7 Å². The van der Waals surface area contributed by atoms with Crippen molar-refractivity contribution in [3.8, 4) is 0 Å². The molecule has 1 aliphatic heterocycles. The minimum absolute atomic E-state index is 0.175. The van der Waals surface area contributed by atoms with Gasteiger partial charge in [0.05, 0.1) is 0 Å². The van der Waals surface area contributed by atoms with Gasteiger partial charge in [-0.2, -0.15) is 0 Å². The third-order valence-electron chi connectivity index (χ3n) is 5.08. The zero-order valence-electron chi connectivity index (χ0n) is 16.3. The molecule has 1 fully saturated rings. The van der Waals surface area contributed by atoms with Gasteiger partial charge in [0.1, 0.15) is 11.2 Å². The molecule has 29 heavy (non-hydrogen) atoms. The van der Waals surface area contributed by atoms with Gasteiger partial charge in [-0.15, -0.1) is 0 Å². The lowest BCUT2D eigenvalue weighted by atomic mass is 10.2. The number of fused-ring (bicyclic) bond motifs is 1. The Balaban J connectivity index is 1.67. The molecule has 1 amide bonds. The van der Waals surface area contributed by atoms with Gasteiger partial charge in [0, 0.05) is 26.2 Å². The topological polar surface area (TPSA) is 89.2 Å². The van der Waals surface area contributed by atoms with E-state index < -0.39 is 5.69 Å². The minimum Gasteiger partial charge on any atom is -0.350 e. The monoisotopic (exact) mass is 413 g/mol. The van der Waals surface area contributed by atoms with Gasteiger partial charge in [-0.1, -0.05) is 41.7 Å². The summed E-state index contributed by atoms with van der Waals surface area (Å²) in [6.45, 7) is 3.98. The molecular formula is C20H23N5O3S. The maximum atomic E-state index is 12.9. The number of rotatable bonds is 6. The van der Waals surface area contributed by atoms with Crippen LogP contribution in [0.1, 0.15) is 25.3 Å². The Kier molecular flexibility index (Phi) is 5.48. The molecule has 0 atom stereocenters. The average molecular weight is 414 g/mol. The van der Waals surface area contributed by atoms with E-state index in [1.807, 2.05) is 30.3 Å². The summed E-state index contributed by atoms with van der Waals surface area (Å²) in [5, 5.41) is 3.57. The van der Waals surface area contributed by atoms with E-state index in [0.717, 1.165) is 36.6 Å². The number of thiazole rings is 1. The Morgan fingerprint density at radius 3 is 2.55 bits per heavy atom. The SMILES string of the molecule is CCn1c(=O)c2sc(N3CCCC3)nc2n(CC(=O)NCc2ccccc2)c1=O. The van der Waals surface area contributed by atoms with Crippen molar-refractivity contribution < 1.29 is 4.79 Å². The summed E-state index contributed by atoms with van der Waals surface area (Å²) >= 11 is 1.30. The van der Waals surface area contributed by atoms with Crippen molar-refractivity contribution in [2.75, 3.05) is 18.0 Å². The predicted octanol–water partition coefficient (Wildman–Crippen LogP) is 1.56. The molecule has 9 heteroatoms. The zero-order chi connectivity index (χ0) is 20.4. The molecule has 1 N–H and O–H groups in total. The van der Waals surface area contributed by atoms with Gasteiger partial charge in [-0.25, -0.2) is 9.78 Å². The molecule has 0 radical (unpaired) electrons. The second-order valence-electron chi connectivity index (χ2n) is 7.02. The van der Waals surface area contributed by atoms with Gasteiger partial charge in [0.15, 0.2) is 10.8 Å². The standard InChI is InChI=1S/C20H23N5O3S/c1-2-24-18(27)16-17(22-19(29-16)23-10-6-7-11-23)25(20(24)28)13-15(26)21-12-14-8-4-3-5-9-14/h3-5,8-9H,2,6-7,10-13H2,1H3,(H,21,26). The van der Waals surface area contributed by atoms with E-state index in [4.69, 9.17) is 0 Å². The van der Waals surface area contributed by atoms with Crippen LogP contribution in [0.25, 0.3) is 10.3 Å². The number of amides is 1. The second kappa shape index (κ2) is 8.20. The van der Waals surface area contributed by atoms with Gasteiger partial charge in [-0.3, -0.25) is 18.7 Å². The molecule has 0 spiro atoms. The lowest BCUT2D eigenvalue weighted by molar-refractivity contribution is -0.121. The molecule has 3 aromatic rings. The molecular weight excluding hydrogens is 390 g/mol. The smallest absolute Gasteiger partial charge is 0.333 e. The summed E-state index contributed by atoms with van der Waals surface area (Å²) in [4.78, 5) is 44.9. The van der Waals surface area contributed by atoms with Crippen molar-refractivity contribution in [2.24, 2.45) is 0 Å². The molecule has 152 valence electrons. The van der Waals surface area contributed by atoms with Crippen LogP contribution < -0.4 is 21.5 Å². The number of anilines is 1. The highest BCUT2D eigenvalue weighted by Gasteiger charge is 2.22. The predicted molar refractivity (Wildman–Crippen MR) is 114 cm³/mol. The van der Waals surface area contributed by atoms with Gasteiger partial charge in [0.25, 0.3) is 5.56 Å². The van der Waals surface area contributed by atoms with Gasteiger partial charge >= 0.3 is 5.69 Å². The number of nitrogens with zero attached hydrogens (tertiary/aromatic N) is 4. The first-order valence-corrected chi connectivity index (χ1v) is 10.6. The molecule has 4 rings (SSSR count). The molecule has 0 bridgehead atoms. The summed E-state index contributed by atoms with van der Waals surface area (Å²) in [6, 6.07) is 9.56. The van der Waals surface area contributed by atoms with Crippen LogP contribution in [0.5, 0.6) is 0 Å². The maximum absolute atomic E-state index is 12.9. The number of benzene rings is 1. The molecule has 1 aromatic carbocycles. The fourth-order valence-electron chi connectivity index (χ4n) is 3.53. The van der Waals surface area contributed by atoms with E-state index in [9.17, 15) is 14.4 Å². The number of carbonyl (C=O) groups excluding carboxylic acids is 1. The quantitative estimate of drug-likeness (QED) is 0.662. The Labute approximate surface area is 171 Å². The van der Waals surface area contributed by atoms with E-state index in [2.05, 4.69) is 15.2 Å². The summed E-state index contributed by atoms with van der Waals surface area (Å²) in [6.07, 6.45) is 2.17. The van der Waals surface area contributed by atoms with E-state index in [0.29, 0.717) is 16.9 Å². The fraction of sp³-hybridized carbons (Fsp3) is 0.400. The third kappa shape index (κ3) is 3.82. The molecule has 0 saturated carbocycles. The second-order valence-corrected chi connectivity index (χ2v) is 8.00.